The summed E-state index contributed by atoms with van der Waals surface area (Å²) in [6.07, 6.45) is 4.73. The van der Waals surface area contributed by atoms with E-state index in [1.165, 1.54) is 12.8 Å². The van der Waals surface area contributed by atoms with Gasteiger partial charge in [0, 0.05) is 25.7 Å². The van der Waals surface area contributed by atoms with Gasteiger partial charge in [-0.2, -0.15) is 0 Å². The van der Waals surface area contributed by atoms with Crippen LogP contribution in [0.2, 0.25) is 0 Å². The predicted octanol–water partition coefficient (Wildman–Crippen LogP) is 2.06. The summed E-state index contributed by atoms with van der Waals surface area (Å²) in [4.78, 5) is 11.8. The fraction of sp³-hybridized carbons (Fsp3) is 0.933. The van der Waals surface area contributed by atoms with Gasteiger partial charge >= 0.3 is 6.09 Å². The Morgan fingerprint density at radius 1 is 1.35 bits per heavy atom. The second-order valence-electron chi connectivity index (χ2n) is 6.88. The third-order valence-corrected chi connectivity index (χ3v) is 3.65. The molecular weight excluding hydrogens is 256 g/mol. The molecule has 0 aromatic carbocycles. The largest absolute Gasteiger partial charge is 0.444 e. The summed E-state index contributed by atoms with van der Waals surface area (Å²) in [7, 11) is 0. The standard InChI is InChI=1S/C15H28N2O3/c1-15(2,3)20-14(18)17-13(11-6-7-11)10-16-9-12-5-4-8-19-12/h11-13,16H,4-10H2,1-3H3,(H,17,18). The van der Waals surface area contributed by atoms with Crippen LogP contribution in [-0.2, 0) is 9.47 Å². The van der Waals surface area contributed by atoms with E-state index in [0.717, 1.165) is 32.5 Å². The monoisotopic (exact) mass is 284 g/mol. The van der Waals surface area contributed by atoms with Gasteiger partial charge < -0.3 is 20.1 Å². The summed E-state index contributed by atoms with van der Waals surface area (Å²) in [5.74, 6) is 0.597. The van der Waals surface area contributed by atoms with Gasteiger partial charge in [-0.25, -0.2) is 4.79 Å². The quantitative estimate of drug-likeness (QED) is 0.784. The molecule has 1 aliphatic heterocycles. The van der Waals surface area contributed by atoms with Gasteiger partial charge in [0.25, 0.3) is 0 Å². The molecule has 2 aliphatic rings. The van der Waals surface area contributed by atoms with E-state index in [1.807, 2.05) is 20.8 Å². The molecule has 1 amide bonds. The molecule has 2 atom stereocenters. The first-order valence-electron chi connectivity index (χ1n) is 7.76. The Labute approximate surface area is 121 Å². The van der Waals surface area contributed by atoms with Gasteiger partial charge in [0.15, 0.2) is 0 Å². The van der Waals surface area contributed by atoms with Crippen LogP contribution in [0.25, 0.3) is 0 Å². The highest BCUT2D eigenvalue weighted by Crippen LogP contribution is 2.32. The fourth-order valence-electron chi connectivity index (χ4n) is 2.50. The van der Waals surface area contributed by atoms with E-state index in [4.69, 9.17) is 9.47 Å². The normalized spacial score (nSPS) is 24.4. The molecule has 20 heavy (non-hydrogen) atoms. The number of hydrogen-bond donors (Lipinski definition) is 2. The third-order valence-electron chi connectivity index (χ3n) is 3.65. The lowest BCUT2D eigenvalue weighted by molar-refractivity contribution is 0.0496. The molecule has 2 rings (SSSR count). The van der Waals surface area contributed by atoms with Crippen LogP contribution in [0.4, 0.5) is 4.79 Å². The lowest BCUT2D eigenvalue weighted by atomic mass is 10.1. The molecule has 2 N–H and O–H groups in total. The number of hydrogen-bond acceptors (Lipinski definition) is 4. The molecule has 116 valence electrons. The lowest BCUT2D eigenvalue weighted by Crippen LogP contribution is -2.46. The Bertz CT molecular complexity index is 318. The molecule has 0 aromatic heterocycles. The SMILES string of the molecule is CC(C)(C)OC(=O)NC(CNCC1CCCO1)C1CC1. The zero-order valence-electron chi connectivity index (χ0n) is 12.9. The van der Waals surface area contributed by atoms with Gasteiger partial charge in [-0.3, -0.25) is 0 Å². The van der Waals surface area contributed by atoms with Gasteiger partial charge in [-0.05, 0) is 52.4 Å². The Hall–Kier alpha value is -0.810. The maximum Gasteiger partial charge on any atom is 0.407 e. The van der Waals surface area contributed by atoms with Crippen molar-refractivity contribution in [3.05, 3.63) is 0 Å². The molecule has 0 aromatic rings. The van der Waals surface area contributed by atoms with E-state index in [-0.39, 0.29) is 12.1 Å². The number of carbonyl (C=O) groups excluding carboxylic acids is 1. The minimum absolute atomic E-state index is 0.172. The van der Waals surface area contributed by atoms with Crippen molar-refractivity contribution in [1.29, 1.82) is 0 Å². The van der Waals surface area contributed by atoms with Gasteiger partial charge in [0.2, 0.25) is 0 Å². The Balaban J connectivity index is 1.68. The second kappa shape index (κ2) is 6.76. The molecule has 5 heteroatoms. The van der Waals surface area contributed by atoms with Crippen LogP contribution in [0.1, 0.15) is 46.5 Å². The molecule has 1 aliphatic carbocycles. The zero-order valence-corrected chi connectivity index (χ0v) is 12.9. The van der Waals surface area contributed by atoms with Crippen LogP contribution in [0.5, 0.6) is 0 Å². The van der Waals surface area contributed by atoms with Gasteiger partial charge in [0.05, 0.1) is 6.10 Å². The number of rotatable bonds is 6. The molecule has 0 radical (unpaired) electrons. The van der Waals surface area contributed by atoms with Crippen molar-refractivity contribution in [3.63, 3.8) is 0 Å². The number of carbonyl (C=O) groups is 1. The van der Waals surface area contributed by atoms with Crippen LogP contribution in [0.3, 0.4) is 0 Å². The average Bonchev–Trinajstić information content (AvgIpc) is 3.04. The Morgan fingerprint density at radius 2 is 2.10 bits per heavy atom. The van der Waals surface area contributed by atoms with Crippen molar-refractivity contribution in [3.8, 4) is 0 Å². The average molecular weight is 284 g/mol. The maximum absolute atomic E-state index is 11.8. The summed E-state index contributed by atoms with van der Waals surface area (Å²) < 4.78 is 10.9. The molecule has 0 bridgehead atoms. The highest BCUT2D eigenvalue weighted by atomic mass is 16.6. The van der Waals surface area contributed by atoms with Crippen LogP contribution in [-0.4, -0.2) is 43.5 Å². The van der Waals surface area contributed by atoms with Crippen molar-refractivity contribution in [1.82, 2.24) is 10.6 Å². The van der Waals surface area contributed by atoms with Crippen LogP contribution in [0.15, 0.2) is 0 Å². The van der Waals surface area contributed by atoms with Gasteiger partial charge in [0.1, 0.15) is 5.60 Å². The maximum atomic E-state index is 11.8. The third kappa shape index (κ3) is 5.67. The van der Waals surface area contributed by atoms with Crippen LogP contribution < -0.4 is 10.6 Å². The first-order valence-corrected chi connectivity index (χ1v) is 7.76. The number of nitrogens with one attached hydrogen (secondary N) is 2. The molecule has 2 unspecified atom stereocenters. The van der Waals surface area contributed by atoms with E-state index >= 15 is 0 Å². The van der Waals surface area contributed by atoms with Crippen molar-refractivity contribution in [2.24, 2.45) is 5.92 Å². The van der Waals surface area contributed by atoms with Crippen molar-refractivity contribution in [2.45, 2.75) is 64.2 Å². The van der Waals surface area contributed by atoms with Gasteiger partial charge in [-0.1, -0.05) is 0 Å². The first kappa shape index (κ1) is 15.6. The number of ether oxygens (including phenoxy) is 2. The summed E-state index contributed by atoms with van der Waals surface area (Å²) in [6, 6.07) is 0.172. The number of amides is 1. The summed E-state index contributed by atoms with van der Waals surface area (Å²) in [5, 5.41) is 6.42. The molecule has 1 heterocycles. The van der Waals surface area contributed by atoms with Crippen molar-refractivity contribution in [2.75, 3.05) is 19.7 Å². The number of alkyl carbamates (subject to hydrolysis) is 1. The Morgan fingerprint density at radius 3 is 2.65 bits per heavy atom. The van der Waals surface area contributed by atoms with Crippen molar-refractivity contribution >= 4 is 6.09 Å². The highest BCUT2D eigenvalue weighted by molar-refractivity contribution is 5.68. The minimum atomic E-state index is -0.441. The van der Waals surface area contributed by atoms with Crippen LogP contribution in [0, 0.1) is 5.92 Å². The van der Waals surface area contributed by atoms with E-state index in [9.17, 15) is 4.79 Å². The van der Waals surface area contributed by atoms with E-state index in [1.54, 1.807) is 0 Å². The van der Waals surface area contributed by atoms with E-state index in [2.05, 4.69) is 10.6 Å². The topological polar surface area (TPSA) is 59.6 Å². The molecule has 1 saturated carbocycles. The lowest BCUT2D eigenvalue weighted by Gasteiger charge is -2.24. The van der Waals surface area contributed by atoms with E-state index in [0.29, 0.717) is 12.0 Å². The molecule has 1 saturated heterocycles. The molecule has 0 spiro atoms. The second-order valence-corrected chi connectivity index (χ2v) is 6.88. The first-order chi connectivity index (χ1) is 9.44. The fourth-order valence-corrected chi connectivity index (χ4v) is 2.50. The van der Waals surface area contributed by atoms with Crippen molar-refractivity contribution < 1.29 is 14.3 Å². The highest BCUT2D eigenvalue weighted by Gasteiger charge is 2.33. The smallest absolute Gasteiger partial charge is 0.407 e. The molecule has 2 fully saturated rings. The van der Waals surface area contributed by atoms with Gasteiger partial charge in [-0.15, -0.1) is 0 Å². The van der Waals surface area contributed by atoms with E-state index < -0.39 is 5.60 Å². The van der Waals surface area contributed by atoms with Crippen LogP contribution >= 0.6 is 0 Å². The summed E-state index contributed by atoms with van der Waals surface area (Å²) in [5.41, 5.74) is -0.441. The Kier molecular flexibility index (Phi) is 5.27. The summed E-state index contributed by atoms with van der Waals surface area (Å²) in [6.45, 7) is 8.20. The molecular formula is C15H28N2O3. The summed E-state index contributed by atoms with van der Waals surface area (Å²) >= 11 is 0. The minimum Gasteiger partial charge on any atom is -0.444 e. The molecule has 5 nitrogen and oxygen atoms in total. The predicted molar refractivity (Wildman–Crippen MR) is 77.7 cm³/mol. The zero-order chi connectivity index (χ0) is 14.6.